The Morgan fingerprint density at radius 3 is 2.40 bits per heavy atom. The smallest absolute Gasteiger partial charge is 0.410 e. The van der Waals surface area contributed by atoms with E-state index in [-0.39, 0.29) is 18.2 Å². The molecule has 1 aromatic rings. The first-order valence-corrected chi connectivity index (χ1v) is 8.96. The van der Waals surface area contributed by atoms with Gasteiger partial charge in [-0.25, -0.2) is 9.78 Å². The minimum absolute atomic E-state index is 0.00514. The molecular formula is C19H28N2O4. The molecular weight excluding hydrogens is 320 g/mol. The highest BCUT2D eigenvalue weighted by molar-refractivity contribution is 5.69. The van der Waals surface area contributed by atoms with Gasteiger partial charge in [0, 0.05) is 42.8 Å². The summed E-state index contributed by atoms with van der Waals surface area (Å²) in [5.41, 5.74) is -0.693. The molecule has 0 aromatic carbocycles. The Morgan fingerprint density at radius 1 is 1.28 bits per heavy atom. The summed E-state index contributed by atoms with van der Waals surface area (Å²) in [6, 6.07) is 3.62. The normalized spacial score (nSPS) is 29.2. The molecule has 6 nitrogen and oxygen atoms in total. The number of fused-ring (bicyclic) bond motifs is 2. The van der Waals surface area contributed by atoms with Crippen LogP contribution < -0.4 is 4.74 Å². The lowest BCUT2D eigenvalue weighted by Gasteiger charge is -2.51. The van der Waals surface area contributed by atoms with E-state index in [1.807, 2.05) is 31.7 Å². The van der Waals surface area contributed by atoms with Crippen LogP contribution in [0.4, 0.5) is 4.79 Å². The van der Waals surface area contributed by atoms with E-state index in [2.05, 4.69) is 4.98 Å². The Hall–Kier alpha value is -1.82. The molecule has 2 aliphatic rings. The molecule has 6 heteroatoms. The molecule has 2 bridgehead atoms. The van der Waals surface area contributed by atoms with Crippen molar-refractivity contribution in [3.63, 3.8) is 0 Å². The molecule has 0 spiro atoms. The summed E-state index contributed by atoms with van der Waals surface area (Å²) in [5, 5.41) is 11.3. The van der Waals surface area contributed by atoms with Crippen LogP contribution in [0, 0.1) is 0 Å². The highest BCUT2D eigenvalue weighted by Gasteiger charge is 2.49. The molecule has 3 rings (SSSR count). The third kappa shape index (κ3) is 3.73. The third-order valence-electron chi connectivity index (χ3n) is 5.10. The first-order valence-electron chi connectivity index (χ1n) is 8.96. The van der Waals surface area contributed by atoms with E-state index in [9.17, 15) is 9.90 Å². The number of nitrogens with zero attached hydrogens (tertiary/aromatic N) is 2. The molecule has 1 amide bonds. The monoisotopic (exact) mass is 348 g/mol. The van der Waals surface area contributed by atoms with Crippen molar-refractivity contribution < 1.29 is 19.4 Å². The van der Waals surface area contributed by atoms with E-state index >= 15 is 0 Å². The molecule has 2 fully saturated rings. The molecule has 1 aromatic heterocycles. The standard InChI is InChI=1S/C19H28N2O4/c1-18(2,3)25-17(22)21-14-6-5-7-15(21)11-19(23,10-14)13-8-9-16(24-4)20-12-13/h8-9,12,14-15,23H,5-7,10-11H2,1-4H3. The van der Waals surface area contributed by atoms with Crippen LogP contribution in [-0.2, 0) is 10.3 Å². The van der Waals surface area contributed by atoms with Gasteiger partial charge in [0.2, 0.25) is 5.88 Å². The maximum atomic E-state index is 12.7. The van der Waals surface area contributed by atoms with Crippen LogP contribution in [0.15, 0.2) is 18.3 Å². The number of amides is 1. The third-order valence-corrected chi connectivity index (χ3v) is 5.10. The molecule has 0 aliphatic carbocycles. The van der Waals surface area contributed by atoms with E-state index in [4.69, 9.17) is 9.47 Å². The Balaban J connectivity index is 1.81. The van der Waals surface area contributed by atoms with Crippen molar-refractivity contribution in [2.75, 3.05) is 7.11 Å². The maximum absolute atomic E-state index is 12.7. The predicted octanol–water partition coefficient (Wildman–Crippen LogP) is 3.23. The molecule has 0 radical (unpaired) electrons. The summed E-state index contributed by atoms with van der Waals surface area (Å²) in [5.74, 6) is 0.527. The summed E-state index contributed by atoms with van der Waals surface area (Å²) >= 11 is 0. The second kappa shape index (κ2) is 6.48. The number of carbonyl (C=O) groups excluding carboxylic acids is 1. The fourth-order valence-electron chi connectivity index (χ4n) is 4.05. The van der Waals surface area contributed by atoms with Gasteiger partial charge in [0.05, 0.1) is 12.7 Å². The Bertz CT molecular complexity index is 609. The van der Waals surface area contributed by atoms with Crippen LogP contribution in [0.5, 0.6) is 5.88 Å². The van der Waals surface area contributed by atoms with Crippen molar-refractivity contribution >= 4 is 6.09 Å². The van der Waals surface area contributed by atoms with Crippen molar-refractivity contribution in [1.82, 2.24) is 9.88 Å². The Morgan fingerprint density at radius 2 is 1.92 bits per heavy atom. The summed E-state index contributed by atoms with van der Waals surface area (Å²) in [6.45, 7) is 5.64. The zero-order chi connectivity index (χ0) is 18.2. The lowest BCUT2D eigenvalue weighted by Crippen LogP contribution is -2.59. The van der Waals surface area contributed by atoms with Gasteiger partial charge in [0.25, 0.3) is 0 Å². The molecule has 1 N–H and O–H groups in total. The number of piperidine rings is 2. The topological polar surface area (TPSA) is 71.9 Å². The minimum Gasteiger partial charge on any atom is -0.481 e. The number of hydrogen-bond donors (Lipinski definition) is 1. The summed E-state index contributed by atoms with van der Waals surface area (Å²) in [6.07, 6.45) is 5.29. The lowest BCUT2D eigenvalue weighted by atomic mass is 9.73. The second-order valence-electron chi connectivity index (χ2n) is 8.16. The van der Waals surface area contributed by atoms with Crippen molar-refractivity contribution in [3.8, 4) is 5.88 Å². The van der Waals surface area contributed by atoms with Gasteiger partial charge in [-0.1, -0.05) is 0 Å². The highest BCUT2D eigenvalue weighted by atomic mass is 16.6. The molecule has 2 aliphatic heterocycles. The van der Waals surface area contributed by atoms with Crippen molar-refractivity contribution in [1.29, 1.82) is 0 Å². The van der Waals surface area contributed by atoms with Crippen LogP contribution in [-0.4, -0.2) is 45.9 Å². The molecule has 2 atom stereocenters. The first kappa shape index (κ1) is 18.0. The molecule has 2 unspecified atom stereocenters. The molecule has 2 saturated heterocycles. The van der Waals surface area contributed by atoms with Crippen molar-refractivity contribution in [2.24, 2.45) is 0 Å². The largest absolute Gasteiger partial charge is 0.481 e. The van der Waals surface area contributed by atoms with Crippen LogP contribution >= 0.6 is 0 Å². The fourth-order valence-corrected chi connectivity index (χ4v) is 4.05. The minimum atomic E-state index is -0.965. The van der Waals surface area contributed by atoms with E-state index in [0.29, 0.717) is 18.7 Å². The second-order valence-corrected chi connectivity index (χ2v) is 8.16. The van der Waals surface area contributed by atoms with Crippen LogP contribution in [0.25, 0.3) is 0 Å². The van der Waals surface area contributed by atoms with Gasteiger partial charge in [-0.15, -0.1) is 0 Å². The summed E-state index contributed by atoms with van der Waals surface area (Å²) in [7, 11) is 1.57. The fraction of sp³-hybridized carbons (Fsp3) is 0.684. The molecule has 25 heavy (non-hydrogen) atoms. The Labute approximate surface area is 149 Å². The molecule has 3 heterocycles. The van der Waals surface area contributed by atoms with Gasteiger partial charge in [-0.05, 0) is 46.1 Å². The Kier molecular flexibility index (Phi) is 4.66. The van der Waals surface area contributed by atoms with Gasteiger partial charge >= 0.3 is 6.09 Å². The number of pyridine rings is 1. The number of methoxy groups -OCH3 is 1. The number of hydrogen-bond acceptors (Lipinski definition) is 5. The van der Waals surface area contributed by atoms with Gasteiger partial charge in [-0.2, -0.15) is 0 Å². The predicted molar refractivity (Wildman–Crippen MR) is 93.4 cm³/mol. The summed E-state index contributed by atoms with van der Waals surface area (Å²) in [4.78, 5) is 18.7. The number of ether oxygens (including phenoxy) is 2. The van der Waals surface area contributed by atoms with Gasteiger partial charge < -0.3 is 19.5 Å². The first-order chi connectivity index (χ1) is 11.7. The summed E-state index contributed by atoms with van der Waals surface area (Å²) < 4.78 is 10.7. The van der Waals surface area contributed by atoms with Crippen molar-refractivity contribution in [3.05, 3.63) is 23.9 Å². The maximum Gasteiger partial charge on any atom is 0.410 e. The van der Waals surface area contributed by atoms with E-state index in [1.165, 1.54) is 0 Å². The highest BCUT2D eigenvalue weighted by Crippen LogP contribution is 2.44. The van der Waals surface area contributed by atoms with E-state index < -0.39 is 11.2 Å². The van der Waals surface area contributed by atoms with Crippen LogP contribution in [0.1, 0.15) is 58.4 Å². The van der Waals surface area contributed by atoms with E-state index in [0.717, 1.165) is 24.8 Å². The van der Waals surface area contributed by atoms with Gasteiger partial charge in [0.1, 0.15) is 5.60 Å². The number of aliphatic hydroxyl groups is 1. The molecule has 0 saturated carbocycles. The lowest BCUT2D eigenvalue weighted by molar-refractivity contribution is -0.0966. The van der Waals surface area contributed by atoms with Crippen LogP contribution in [0.2, 0.25) is 0 Å². The average molecular weight is 348 g/mol. The van der Waals surface area contributed by atoms with Gasteiger partial charge in [-0.3, -0.25) is 0 Å². The molecule has 138 valence electrons. The zero-order valence-corrected chi connectivity index (χ0v) is 15.5. The van der Waals surface area contributed by atoms with E-state index in [1.54, 1.807) is 19.4 Å². The number of aromatic nitrogens is 1. The zero-order valence-electron chi connectivity index (χ0n) is 15.5. The van der Waals surface area contributed by atoms with Crippen LogP contribution in [0.3, 0.4) is 0 Å². The SMILES string of the molecule is COc1ccc(C2(O)CC3CCCC(C2)N3C(=O)OC(C)(C)C)cn1. The quantitative estimate of drug-likeness (QED) is 0.888. The van der Waals surface area contributed by atoms with Gasteiger partial charge in [0.15, 0.2) is 0 Å². The number of rotatable bonds is 2. The number of carbonyl (C=O) groups is 1. The van der Waals surface area contributed by atoms with Crippen molar-refractivity contribution in [2.45, 2.75) is 76.2 Å². The average Bonchev–Trinajstić information content (AvgIpc) is 2.52.